The lowest BCUT2D eigenvalue weighted by Gasteiger charge is -2.37. The van der Waals surface area contributed by atoms with Gasteiger partial charge in [0.15, 0.2) is 5.76 Å². The maximum absolute atomic E-state index is 12.5. The fourth-order valence-corrected chi connectivity index (χ4v) is 2.83. The second-order valence-electron chi connectivity index (χ2n) is 5.82. The number of nitrogens with zero attached hydrogens (tertiary/aromatic N) is 2. The molecule has 3 rings (SSSR count). The van der Waals surface area contributed by atoms with E-state index in [4.69, 9.17) is 4.42 Å². The van der Waals surface area contributed by atoms with Crippen molar-refractivity contribution in [2.75, 3.05) is 31.1 Å². The molecular weight excluding hydrogens is 306 g/mol. The normalized spacial score (nSPS) is 15.9. The molecule has 1 aromatic heterocycles. The molecule has 126 valence electrons. The van der Waals surface area contributed by atoms with Crippen molar-refractivity contribution >= 4 is 17.5 Å². The SMILES string of the molecule is CC(NC(=O)c1ccco1)C(=O)N1CCN(c2ccccc2)CC1. The van der Waals surface area contributed by atoms with Gasteiger partial charge in [-0.3, -0.25) is 9.59 Å². The Labute approximate surface area is 141 Å². The first kappa shape index (κ1) is 16.1. The molecule has 2 amide bonds. The standard InChI is InChI=1S/C18H21N3O3/c1-14(19-17(22)16-8-5-13-24-16)18(23)21-11-9-20(10-12-21)15-6-3-2-4-7-15/h2-8,13-14H,9-12H2,1H3,(H,19,22). The highest BCUT2D eigenvalue weighted by atomic mass is 16.3. The molecule has 6 nitrogen and oxygen atoms in total. The smallest absolute Gasteiger partial charge is 0.287 e. The molecule has 1 unspecified atom stereocenters. The number of carbonyl (C=O) groups is 2. The summed E-state index contributed by atoms with van der Waals surface area (Å²) in [7, 11) is 0. The first-order valence-electron chi connectivity index (χ1n) is 8.08. The molecule has 0 bridgehead atoms. The third-order valence-electron chi connectivity index (χ3n) is 4.18. The van der Waals surface area contributed by atoms with E-state index < -0.39 is 6.04 Å². The molecule has 0 saturated carbocycles. The summed E-state index contributed by atoms with van der Waals surface area (Å²) >= 11 is 0. The maximum atomic E-state index is 12.5. The van der Waals surface area contributed by atoms with E-state index in [1.165, 1.54) is 12.0 Å². The number of hydrogen-bond acceptors (Lipinski definition) is 4. The van der Waals surface area contributed by atoms with E-state index in [1.807, 2.05) is 18.2 Å². The summed E-state index contributed by atoms with van der Waals surface area (Å²) in [6.45, 7) is 4.57. The number of rotatable bonds is 4. The fourth-order valence-electron chi connectivity index (χ4n) is 2.83. The molecule has 1 fully saturated rings. The molecule has 0 aliphatic carbocycles. The number of anilines is 1. The van der Waals surface area contributed by atoms with Crippen molar-refractivity contribution in [3.8, 4) is 0 Å². The largest absolute Gasteiger partial charge is 0.459 e. The summed E-state index contributed by atoms with van der Waals surface area (Å²) in [5, 5.41) is 2.68. The molecule has 24 heavy (non-hydrogen) atoms. The molecule has 0 radical (unpaired) electrons. The number of carbonyl (C=O) groups excluding carboxylic acids is 2. The molecule has 1 atom stereocenters. The van der Waals surface area contributed by atoms with Crippen LogP contribution in [0.5, 0.6) is 0 Å². The quantitative estimate of drug-likeness (QED) is 0.929. The number of piperazine rings is 1. The molecule has 1 aliphatic rings. The highest BCUT2D eigenvalue weighted by Crippen LogP contribution is 2.16. The van der Waals surface area contributed by atoms with Gasteiger partial charge in [-0.1, -0.05) is 18.2 Å². The Morgan fingerprint density at radius 1 is 1.04 bits per heavy atom. The molecular formula is C18H21N3O3. The van der Waals surface area contributed by atoms with E-state index in [-0.39, 0.29) is 17.6 Å². The average Bonchev–Trinajstić information content (AvgIpc) is 3.17. The first-order chi connectivity index (χ1) is 11.6. The van der Waals surface area contributed by atoms with Crippen LogP contribution < -0.4 is 10.2 Å². The van der Waals surface area contributed by atoms with Crippen LogP contribution in [0.3, 0.4) is 0 Å². The molecule has 2 aromatic rings. The Bertz CT molecular complexity index is 677. The predicted molar refractivity (Wildman–Crippen MR) is 90.9 cm³/mol. The minimum absolute atomic E-state index is 0.0670. The van der Waals surface area contributed by atoms with Crippen LogP contribution in [-0.4, -0.2) is 48.9 Å². The third kappa shape index (κ3) is 3.59. The molecule has 1 saturated heterocycles. The van der Waals surface area contributed by atoms with Gasteiger partial charge in [-0.15, -0.1) is 0 Å². The van der Waals surface area contributed by atoms with Gasteiger partial charge in [0.2, 0.25) is 5.91 Å². The lowest BCUT2D eigenvalue weighted by molar-refractivity contribution is -0.133. The van der Waals surface area contributed by atoms with Gasteiger partial charge in [-0.05, 0) is 31.2 Å². The van der Waals surface area contributed by atoms with E-state index in [0.29, 0.717) is 13.1 Å². The lowest BCUT2D eigenvalue weighted by atomic mass is 10.2. The maximum Gasteiger partial charge on any atom is 0.287 e. The van der Waals surface area contributed by atoms with Crippen molar-refractivity contribution in [1.82, 2.24) is 10.2 Å². The zero-order chi connectivity index (χ0) is 16.9. The number of furan rings is 1. The summed E-state index contributed by atoms with van der Waals surface area (Å²) in [5.41, 5.74) is 1.17. The van der Waals surface area contributed by atoms with Crippen LogP contribution >= 0.6 is 0 Å². The van der Waals surface area contributed by atoms with Gasteiger partial charge in [0.25, 0.3) is 5.91 Å². The van der Waals surface area contributed by atoms with Crippen molar-refractivity contribution in [3.63, 3.8) is 0 Å². The van der Waals surface area contributed by atoms with E-state index in [1.54, 1.807) is 24.0 Å². The topological polar surface area (TPSA) is 65.8 Å². The number of amides is 2. The van der Waals surface area contributed by atoms with Crippen molar-refractivity contribution in [1.29, 1.82) is 0 Å². The zero-order valence-corrected chi connectivity index (χ0v) is 13.6. The summed E-state index contributed by atoms with van der Waals surface area (Å²) in [4.78, 5) is 28.5. The third-order valence-corrected chi connectivity index (χ3v) is 4.18. The van der Waals surface area contributed by atoms with Crippen LogP contribution in [-0.2, 0) is 4.79 Å². The summed E-state index contributed by atoms with van der Waals surface area (Å²) in [6.07, 6.45) is 1.43. The van der Waals surface area contributed by atoms with E-state index in [2.05, 4.69) is 22.3 Å². The van der Waals surface area contributed by atoms with Crippen molar-refractivity contribution < 1.29 is 14.0 Å². The second-order valence-corrected chi connectivity index (χ2v) is 5.82. The highest BCUT2D eigenvalue weighted by molar-refractivity contribution is 5.95. The van der Waals surface area contributed by atoms with E-state index in [0.717, 1.165) is 13.1 Å². The minimum atomic E-state index is -0.578. The van der Waals surface area contributed by atoms with E-state index >= 15 is 0 Å². The predicted octanol–water partition coefficient (Wildman–Crippen LogP) is 1.75. The van der Waals surface area contributed by atoms with Crippen molar-refractivity contribution in [3.05, 3.63) is 54.5 Å². The number of nitrogens with one attached hydrogen (secondary N) is 1. The molecule has 1 aromatic carbocycles. The molecule has 2 heterocycles. The van der Waals surface area contributed by atoms with E-state index in [9.17, 15) is 9.59 Å². The Kier molecular flexibility index (Phi) is 4.84. The number of hydrogen-bond donors (Lipinski definition) is 1. The molecule has 6 heteroatoms. The lowest BCUT2D eigenvalue weighted by Crippen LogP contribution is -2.54. The van der Waals surface area contributed by atoms with Crippen LogP contribution in [0.2, 0.25) is 0 Å². The van der Waals surface area contributed by atoms with Gasteiger partial charge in [0, 0.05) is 31.9 Å². The zero-order valence-electron chi connectivity index (χ0n) is 13.6. The Balaban J connectivity index is 1.52. The average molecular weight is 327 g/mol. The minimum Gasteiger partial charge on any atom is -0.459 e. The Hall–Kier alpha value is -2.76. The molecule has 1 N–H and O–H groups in total. The molecule has 1 aliphatic heterocycles. The summed E-state index contributed by atoms with van der Waals surface area (Å²) in [5.74, 6) is -0.227. The number of benzene rings is 1. The summed E-state index contributed by atoms with van der Waals surface area (Å²) in [6, 6.07) is 12.8. The first-order valence-corrected chi connectivity index (χ1v) is 8.08. The van der Waals surface area contributed by atoms with Crippen LogP contribution in [0.1, 0.15) is 17.5 Å². The van der Waals surface area contributed by atoms with Crippen LogP contribution in [0, 0.1) is 0 Å². The van der Waals surface area contributed by atoms with Gasteiger partial charge < -0.3 is 19.5 Å². The number of para-hydroxylation sites is 1. The van der Waals surface area contributed by atoms with Crippen LogP contribution in [0.25, 0.3) is 0 Å². The fraction of sp³-hybridized carbons (Fsp3) is 0.333. The summed E-state index contributed by atoms with van der Waals surface area (Å²) < 4.78 is 5.04. The highest BCUT2D eigenvalue weighted by Gasteiger charge is 2.26. The van der Waals surface area contributed by atoms with Crippen molar-refractivity contribution in [2.24, 2.45) is 0 Å². The Morgan fingerprint density at radius 2 is 1.75 bits per heavy atom. The second kappa shape index (κ2) is 7.21. The van der Waals surface area contributed by atoms with Crippen LogP contribution in [0.4, 0.5) is 5.69 Å². The molecule has 0 spiro atoms. The van der Waals surface area contributed by atoms with Gasteiger partial charge in [0.05, 0.1) is 6.26 Å². The Morgan fingerprint density at radius 3 is 2.38 bits per heavy atom. The van der Waals surface area contributed by atoms with Gasteiger partial charge in [0.1, 0.15) is 6.04 Å². The van der Waals surface area contributed by atoms with Gasteiger partial charge >= 0.3 is 0 Å². The van der Waals surface area contributed by atoms with Crippen molar-refractivity contribution in [2.45, 2.75) is 13.0 Å². The monoisotopic (exact) mass is 327 g/mol. The van der Waals surface area contributed by atoms with Gasteiger partial charge in [-0.2, -0.15) is 0 Å². The van der Waals surface area contributed by atoms with Gasteiger partial charge in [-0.25, -0.2) is 0 Å². The van der Waals surface area contributed by atoms with Crippen LogP contribution in [0.15, 0.2) is 53.1 Å².